The third-order valence-corrected chi connectivity index (χ3v) is 3.72. The predicted octanol–water partition coefficient (Wildman–Crippen LogP) is 4.37. The molecule has 1 atom stereocenters. The normalized spacial score (nSPS) is 12.8. The lowest BCUT2D eigenvalue weighted by Gasteiger charge is -2.22. The summed E-state index contributed by atoms with van der Waals surface area (Å²) in [6.07, 6.45) is 0.392. The molecule has 1 amide bonds. The van der Waals surface area contributed by atoms with Gasteiger partial charge in [-0.15, -0.1) is 5.54 Å². The molecule has 0 aliphatic rings. The molecule has 1 N–H and O–H groups in total. The zero-order valence-corrected chi connectivity index (χ0v) is 16.4. The van der Waals surface area contributed by atoms with E-state index in [4.69, 9.17) is 4.74 Å². The van der Waals surface area contributed by atoms with E-state index in [0.717, 1.165) is 12.0 Å². The molecule has 1 unspecified atom stereocenters. The third kappa shape index (κ3) is 9.10. The number of rotatable bonds is 3. The SMILES string of the molecule is CC(Cc1ccc(C#C[Si](C)(C)C)cc1)NC(=O)OC(C)(C)C. The number of hydrogen-bond donors (Lipinski definition) is 1. The first-order valence-corrected chi connectivity index (χ1v) is 11.6. The van der Waals surface area contributed by atoms with Crippen LogP contribution in [0.3, 0.4) is 0 Å². The Kier molecular flexibility index (Phi) is 6.46. The molecule has 0 saturated carbocycles. The van der Waals surface area contributed by atoms with Gasteiger partial charge in [0.15, 0.2) is 0 Å². The van der Waals surface area contributed by atoms with E-state index in [9.17, 15) is 4.79 Å². The molecule has 0 saturated heterocycles. The average Bonchev–Trinajstić information content (AvgIpc) is 2.34. The fourth-order valence-corrected chi connectivity index (χ4v) is 2.42. The summed E-state index contributed by atoms with van der Waals surface area (Å²) < 4.78 is 5.26. The van der Waals surface area contributed by atoms with Gasteiger partial charge in [-0.1, -0.05) is 37.7 Å². The zero-order chi connectivity index (χ0) is 17.7. The molecule has 0 spiro atoms. The number of amides is 1. The van der Waals surface area contributed by atoms with Gasteiger partial charge in [0.2, 0.25) is 0 Å². The van der Waals surface area contributed by atoms with E-state index in [1.54, 1.807) is 0 Å². The maximum Gasteiger partial charge on any atom is 0.407 e. The van der Waals surface area contributed by atoms with Crippen molar-refractivity contribution in [2.24, 2.45) is 0 Å². The Bertz CT molecular complexity index is 583. The van der Waals surface area contributed by atoms with E-state index in [0.29, 0.717) is 0 Å². The molecule has 0 aliphatic heterocycles. The van der Waals surface area contributed by atoms with Crippen molar-refractivity contribution < 1.29 is 9.53 Å². The molecule has 1 aromatic rings. The van der Waals surface area contributed by atoms with Gasteiger partial charge in [0.05, 0.1) is 0 Å². The van der Waals surface area contributed by atoms with E-state index >= 15 is 0 Å². The first-order chi connectivity index (χ1) is 10.4. The van der Waals surface area contributed by atoms with Crippen LogP contribution in [-0.4, -0.2) is 25.8 Å². The Hall–Kier alpha value is -1.73. The molecule has 0 heterocycles. The molecule has 3 nitrogen and oxygen atoms in total. The minimum atomic E-state index is -1.34. The maximum absolute atomic E-state index is 11.7. The Morgan fingerprint density at radius 1 is 1.22 bits per heavy atom. The number of hydrogen-bond acceptors (Lipinski definition) is 2. The van der Waals surface area contributed by atoms with Crippen LogP contribution in [0, 0.1) is 11.5 Å². The van der Waals surface area contributed by atoms with Crippen LogP contribution in [0.2, 0.25) is 19.6 Å². The minimum Gasteiger partial charge on any atom is -0.444 e. The minimum absolute atomic E-state index is 0.0174. The van der Waals surface area contributed by atoms with E-state index < -0.39 is 13.7 Å². The zero-order valence-electron chi connectivity index (χ0n) is 15.4. The van der Waals surface area contributed by atoms with E-state index in [1.807, 2.05) is 39.8 Å². The molecular formula is C19H29NO2Si. The molecule has 1 aromatic carbocycles. The second-order valence-corrected chi connectivity index (χ2v) is 12.7. The lowest BCUT2D eigenvalue weighted by atomic mass is 10.1. The molecule has 0 bridgehead atoms. The maximum atomic E-state index is 11.7. The Morgan fingerprint density at radius 2 is 1.78 bits per heavy atom. The molecule has 0 aliphatic carbocycles. The lowest BCUT2D eigenvalue weighted by Crippen LogP contribution is -2.38. The summed E-state index contributed by atoms with van der Waals surface area (Å²) in [5, 5.41) is 2.86. The highest BCUT2D eigenvalue weighted by molar-refractivity contribution is 6.83. The number of benzene rings is 1. The van der Waals surface area contributed by atoms with Crippen LogP contribution < -0.4 is 5.32 Å². The van der Waals surface area contributed by atoms with Crippen molar-refractivity contribution >= 4 is 14.2 Å². The van der Waals surface area contributed by atoms with Gasteiger partial charge in [0, 0.05) is 11.6 Å². The van der Waals surface area contributed by atoms with Crippen LogP contribution in [0.1, 0.15) is 38.8 Å². The van der Waals surface area contributed by atoms with Crippen LogP contribution in [-0.2, 0) is 11.2 Å². The van der Waals surface area contributed by atoms with Crippen LogP contribution >= 0.6 is 0 Å². The van der Waals surface area contributed by atoms with E-state index in [-0.39, 0.29) is 12.1 Å². The Labute approximate surface area is 141 Å². The van der Waals surface area contributed by atoms with Gasteiger partial charge in [-0.05, 0) is 51.8 Å². The summed E-state index contributed by atoms with van der Waals surface area (Å²) >= 11 is 0. The second kappa shape index (κ2) is 7.70. The van der Waals surface area contributed by atoms with Crippen molar-refractivity contribution in [3.8, 4) is 11.5 Å². The number of alkyl carbamates (subject to hydrolysis) is 1. The molecule has 23 heavy (non-hydrogen) atoms. The number of ether oxygens (including phenoxy) is 1. The number of nitrogens with one attached hydrogen (secondary N) is 1. The Balaban J connectivity index is 2.57. The van der Waals surface area contributed by atoms with Gasteiger partial charge >= 0.3 is 6.09 Å². The highest BCUT2D eigenvalue weighted by atomic mass is 28.3. The van der Waals surface area contributed by atoms with Crippen molar-refractivity contribution in [1.82, 2.24) is 5.32 Å². The summed E-state index contributed by atoms with van der Waals surface area (Å²) in [5.74, 6) is 3.25. The molecule has 0 aromatic heterocycles. The van der Waals surface area contributed by atoms with Gasteiger partial charge in [-0.3, -0.25) is 0 Å². The van der Waals surface area contributed by atoms with Crippen molar-refractivity contribution in [2.75, 3.05) is 0 Å². The highest BCUT2D eigenvalue weighted by Crippen LogP contribution is 2.09. The highest BCUT2D eigenvalue weighted by Gasteiger charge is 2.17. The molecule has 126 valence electrons. The molecule has 0 radical (unpaired) electrons. The summed E-state index contributed by atoms with van der Waals surface area (Å²) in [6.45, 7) is 14.3. The van der Waals surface area contributed by atoms with Gasteiger partial charge in [0.1, 0.15) is 13.7 Å². The first-order valence-electron chi connectivity index (χ1n) is 8.06. The quantitative estimate of drug-likeness (QED) is 0.660. The van der Waals surface area contributed by atoms with Crippen LogP contribution in [0.4, 0.5) is 4.79 Å². The molecular weight excluding hydrogens is 302 g/mol. The Morgan fingerprint density at radius 3 is 2.26 bits per heavy atom. The van der Waals surface area contributed by atoms with E-state index in [1.165, 1.54) is 5.56 Å². The largest absolute Gasteiger partial charge is 0.444 e. The van der Waals surface area contributed by atoms with Gasteiger partial charge < -0.3 is 10.1 Å². The topological polar surface area (TPSA) is 38.3 Å². The standard InChI is InChI=1S/C19H29NO2Si/c1-15(20-18(21)22-19(2,3)4)14-17-10-8-16(9-11-17)12-13-23(5,6)7/h8-11,15H,14H2,1-7H3,(H,20,21). The first kappa shape index (κ1) is 19.3. The molecule has 0 fully saturated rings. The number of carbonyl (C=O) groups excluding carboxylic acids is 1. The van der Waals surface area contributed by atoms with Crippen LogP contribution in [0.5, 0.6) is 0 Å². The summed E-state index contributed by atoms with van der Waals surface area (Å²) in [4.78, 5) is 11.7. The van der Waals surface area contributed by atoms with Crippen molar-refractivity contribution in [1.29, 1.82) is 0 Å². The van der Waals surface area contributed by atoms with Crippen molar-refractivity contribution in [3.63, 3.8) is 0 Å². The van der Waals surface area contributed by atoms with E-state index in [2.05, 4.69) is 48.6 Å². The van der Waals surface area contributed by atoms with Gasteiger partial charge in [-0.2, -0.15) is 0 Å². The fraction of sp³-hybridized carbons (Fsp3) is 0.526. The predicted molar refractivity (Wildman–Crippen MR) is 99.2 cm³/mol. The van der Waals surface area contributed by atoms with Gasteiger partial charge in [-0.25, -0.2) is 4.79 Å². The summed E-state index contributed by atoms with van der Waals surface area (Å²) in [6, 6.07) is 8.25. The second-order valence-electron chi connectivity index (χ2n) is 7.95. The van der Waals surface area contributed by atoms with Crippen molar-refractivity contribution in [3.05, 3.63) is 35.4 Å². The summed E-state index contributed by atoms with van der Waals surface area (Å²) in [5.41, 5.74) is 5.11. The lowest BCUT2D eigenvalue weighted by molar-refractivity contribution is 0.0508. The smallest absolute Gasteiger partial charge is 0.407 e. The van der Waals surface area contributed by atoms with Crippen LogP contribution in [0.15, 0.2) is 24.3 Å². The molecule has 1 rings (SSSR count). The number of carbonyl (C=O) groups is 1. The molecule has 4 heteroatoms. The fourth-order valence-electron chi connectivity index (χ4n) is 1.90. The van der Waals surface area contributed by atoms with Crippen molar-refractivity contribution in [2.45, 2.75) is 65.4 Å². The average molecular weight is 332 g/mol. The van der Waals surface area contributed by atoms with Crippen LogP contribution in [0.25, 0.3) is 0 Å². The summed E-state index contributed by atoms with van der Waals surface area (Å²) in [7, 11) is -1.34. The third-order valence-electron chi connectivity index (χ3n) is 2.84. The van der Waals surface area contributed by atoms with Gasteiger partial charge in [0.25, 0.3) is 0 Å². The monoisotopic (exact) mass is 331 g/mol.